The van der Waals surface area contributed by atoms with E-state index in [-0.39, 0.29) is 0 Å². The van der Waals surface area contributed by atoms with Crippen LogP contribution in [0.1, 0.15) is 12.8 Å². The smallest absolute Gasteiger partial charge is 0.0951 e. The molecule has 2 fully saturated rings. The number of anilines is 2. The summed E-state index contributed by atoms with van der Waals surface area (Å²) in [4.78, 5) is 9.53. The lowest BCUT2D eigenvalue weighted by Gasteiger charge is -2.36. The second kappa shape index (κ2) is 5.19. The third kappa shape index (κ3) is 2.56. The van der Waals surface area contributed by atoms with Crippen molar-refractivity contribution in [1.29, 1.82) is 0 Å². The monoisotopic (exact) mass is 282 g/mol. The molecule has 0 bridgehead atoms. The molecule has 1 saturated carbocycles. The minimum Gasteiger partial charge on any atom is -0.397 e. The summed E-state index contributed by atoms with van der Waals surface area (Å²) in [5, 5.41) is 1.17. The molecule has 1 aliphatic heterocycles. The molecule has 2 aromatic rings. The third-order valence-electron chi connectivity index (χ3n) is 4.71. The van der Waals surface area contributed by atoms with E-state index in [2.05, 4.69) is 26.9 Å². The molecule has 21 heavy (non-hydrogen) atoms. The van der Waals surface area contributed by atoms with Crippen LogP contribution in [0.15, 0.2) is 30.5 Å². The molecule has 1 saturated heterocycles. The van der Waals surface area contributed by atoms with Crippen molar-refractivity contribution < 1.29 is 0 Å². The maximum absolute atomic E-state index is 6.05. The second-order valence-electron chi connectivity index (χ2n) is 6.30. The number of benzene rings is 1. The lowest BCUT2D eigenvalue weighted by Crippen LogP contribution is -2.47. The Morgan fingerprint density at radius 2 is 1.90 bits per heavy atom. The summed E-state index contributed by atoms with van der Waals surface area (Å²) < 4.78 is 0. The number of fused-ring (bicyclic) bond motifs is 1. The van der Waals surface area contributed by atoms with Gasteiger partial charge in [0.15, 0.2) is 0 Å². The molecular weight excluding hydrogens is 260 g/mol. The molecule has 2 aliphatic rings. The van der Waals surface area contributed by atoms with Crippen LogP contribution in [-0.2, 0) is 0 Å². The number of rotatable bonds is 3. The van der Waals surface area contributed by atoms with Gasteiger partial charge >= 0.3 is 0 Å². The summed E-state index contributed by atoms with van der Waals surface area (Å²) in [7, 11) is 0. The van der Waals surface area contributed by atoms with Gasteiger partial charge in [-0.05, 0) is 30.9 Å². The fraction of sp³-hybridized carbons (Fsp3) is 0.471. The van der Waals surface area contributed by atoms with E-state index < -0.39 is 0 Å². The number of nitrogen functional groups attached to an aromatic ring is 1. The van der Waals surface area contributed by atoms with Crippen LogP contribution >= 0.6 is 0 Å². The molecule has 1 aromatic carbocycles. The number of nitrogens with zero attached hydrogens (tertiary/aromatic N) is 3. The van der Waals surface area contributed by atoms with Gasteiger partial charge in [0, 0.05) is 50.0 Å². The number of piperazine rings is 1. The number of aromatic nitrogens is 1. The Morgan fingerprint density at radius 1 is 1.10 bits per heavy atom. The zero-order valence-corrected chi connectivity index (χ0v) is 12.3. The fourth-order valence-electron chi connectivity index (χ4n) is 3.30. The van der Waals surface area contributed by atoms with Crippen LogP contribution in [0.2, 0.25) is 0 Å². The van der Waals surface area contributed by atoms with Crippen LogP contribution in [0, 0.1) is 5.92 Å². The maximum atomic E-state index is 6.05. The quantitative estimate of drug-likeness (QED) is 0.878. The number of nitrogens with two attached hydrogens (primary N) is 1. The predicted octanol–water partition coefficient (Wildman–Crippen LogP) is 2.35. The van der Waals surface area contributed by atoms with Crippen LogP contribution < -0.4 is 10.6 Å². The van der Waals surface area contributed by atoms with E-state index in [0.29, 0.717) is 0 Å². The summed E-state index contributed by atoms with van der Waals surface area (Å²) >= 11 is 0. The van der Waals surface area contributed by atoms with E-state index in [4.69, 9.17) is 5.73 Å². The standard InChI is InChI=1S/C17H22N4/c18-15-3-1-2-14-16(6-7-19-17(14)15)21-10-8-20(9-11-21)12-13-4-5-13/h1-3,6-7,13H,4-5,8-12,18H2. The topological polar surface area (TPSA) is 45.4 Å². The molecular formula is C17H22N4. The van der Waals surface area contributed by atoms with Gasteiger partial charge in [-0.2, -0.15) is 0 Å². The number of hydrogen-bond donors (Lipinski definition) is 1. The molecule has 0 amide bonds. The Bertz CT molecular complexity index is 642. The highest BCUT2D eigenvalue weighted by atomic mass is 15.3. The van der Waals surface area contributed by atoms with Crippen LogP contribution in [0.4, 0.5) is 11.4 Å². The van der Waals surface area contributed by atoms with Crippen LogP contribution in [0.25, 0.3) is 10.9 Å². The normalized spacial score (nSPS) is 20.1. The SMILES string of the molecule is Nc1cccc2c(N3CCN(CC4CC4)CC3)ccnc12. The van der Waals surface area contributed by atoms with Gasteiger partial charge in [-0.25, -0.2) is 0 Å². The first-order valence-electron chi connectivity index (χ1n) is 7.92. The maximum Gasteiger partial charge on any atom is 0.0951 e. The highest BCUT2D eigenvalue weighted by molar-refractivity contribution is 5.98. The summed E-state index contributed by atoms with van der Waals surface area (Å²) in [6.07, 6.45) is 4.76. The van der Waals surface area contributed by atoms with Crippen molar-refractivity contribution in [3.05, 3.63) is 30.5 Å². The largest absolute Gasteiger partial charge is 0.397 e. The van der Waals surface area contributed by atoms with E-state index in [1.54, 1.807) is 0 Å². The van der Waals surface area contributed by atoms with Crippen molar-refractivity contribution in [2.24, 2.45) is 5.92 Å². The molecule has 0 radical (unpaired) electrons. The van der Waals surface area contributed by atoms with E-state index in [1.165, 1.54) is 43.5 Å². The van der Waals surface area contributed by atoms with E-state index in [1.807, 2.05) is 18.3 Å². The second-order valence-corrected chi connectivity index (χ2v) is 6.30. The minimum absolute atomic E-state index is 0.765. The van der Waals surface area contributed by atoms with Crippen molar-refractivity contribution in [2.75, 3.05) is 43.4 Å². The van der Waals surface area contributed by atoms with Crippen molar-refractivity contribution in [1.82, 2.24) is 9.88 Å². The summed E-state index contributed by atoms with van der Waals surface area (Å²) in [6, 6.07) is 8.20. The molecule has 0 spiro atoms. The van der Waals surface area contributed by atoms with Crippen LogP contribution in [0.5, 0.6) is 0 Å². The van der Waals surface area contributed by atoms with Crippen molar-refractivity contribution in [2.45, 2.75) is 12.8 Å². The fourth-order valence-corrected chi connectivity index (χ4v) is 3.30. The van der Waals surface area contributed by atoms with Gasteiger partial charge in [-0.1, -0.05) is 12.1 Å². The zero-order valence-electron chi connectivity index (χ0n) is 12.3. The molecule has 1 aliphatic carbocycles. The number of para-hydroxylation sites is 1. The lowest BCUT2D eigenvalue weighted by molar-refractivity contribution is 0.248. The average Bonchev–Trinajstić information content (AvgIpc) is 3.32. The van der Waals surface area contributed by atoms with Gasteiger partial charge in [0.05, 0.1) is 11.2 Å². The van der Waals surface area contributed by atoms with Crippen LogP contribution in [0.3, 0.4) is 0 Å². The number of hydrogen-bond acceptors (Lipinski definition) is 4. The summed E-state index contributed by atoms with van der Waals surface area (Å²) in [5.74, 6) is 0.984. The van der Waals surface area contributed by atoms with Gasteiger partial charge in [-0.15, -0.1) is 0 Å². The van der Waals surface area contributed by atoms with Crippen molar-refractivity contribution in [3.63, 3.8) is 0 Å². The molecule has 4 nitrogen and oxygen atoms in total. The Hall–Kier alpha value is -1.81. The Balaban J connectivity index is 1.55. The number of pyridine rings is 1. The highest BCUT2D eigenvalue weighted by Gasteiger charge is 2.26. The zero-order chi connectivity index (χ0) is 14.2. The van der Waals surface area contributed by atoms with Gasteiger partial charge in [-0.3, -0.25) is 9.88 Å². The molecule has 4 heteroatoms. The minimum atomic E-state index is 0.765. The van der Waals surface area contributed by atoms with E-state index >= 15 is 0 Å². The van der Waals surface area contributed by atoms with Gasteiger partial charge in [0.25, 0.3) is 0 Å². The van der Waals surface area contributed by atoms with E-state index in [9.17, 15) is 0 Å². The van der Waals surface area contributed by atoms with E-state index in [0.717, 1.165) is 30.2 Å². The molecule has 2 N–H and O–H groups in total. The Morgan fingerprint density at radius 3 is 2.67 bits per heavy atom. The molecule has 0 atom stereocenters. The molecule has 110 valence electrons. The van der Waals surface area contributed by atoms with Crippen molar-refractivity contribution >= 4 is 22.3 Å². The lowest BCUT2D eigenvalue weighted by atomic mass is 10.1. The highest BCUT2D eigenvalue weighted by Crippen LogP contribution is 2.31. The van der Waals surface area contributed by atoms with Gasteiger partial charge < -0.3 is 10.6 Å². The van der Waals surface area contributed by atoms with Gasteiger partial charge in [0.1, 0.15) is 0 Å². The first-order valence-corrected chi connectivity index (χ1v) is 7.92. The Labute approximate surface area is 125 Å². The summed E-state index contributed by atoms with van der Waals surface area (Å²) in [5.41, 5.74) is 9.02. The first-order chi connectivity index (χ1) is 10.3. The third-order valence-corrected chi connectivity index (χ3v) is 4.71. The molecule has 1 aromatic heterocycles. The van der Waals surface area contributed by atoms with Crippen LogP contribution in [-0.4, -0.2) is 42.6 Å². The average molecular weight is 282 g/mol. The van der Waals surface area contributed by atoms with Crippen molar-refractivity contribution in [3.8, 4) is 0 Å². The molecule has 4 rings (SSSR count). The predicted molar refractivity (Wildman–Crippen MR) is 87.5 cm³/mol. The summed E-state index contributed by atoms with van der Waals surface area (Å²) in [6.45, 7) is 5.84. The molecule has 2 heterocycles. The first kappa shape index (κ1) is 12.9. The Kier molecular flexibility index (Phi) is 3.19. The molecule has 0 unspecified atom stereocenters. The van der Waals surface area contributed by atoms with Gasteiger partial charge in [0.2, 0.25) is 0 Å².